The molecule has 0 atom stereocenters. The van der Waals surface area contributed by atoms with Crippen LogP contribution in [0, 0.1) is 10.1 Å². The van der Waals surface area contributed by atoms with Gasteiger partial charge in [0.2, 0.25) is 0 Å². The molecule has 0 saturated carbocycles. The highest BCUT2D eigenvalue weighted by molar-refractivity contribution is 6.10. The van der Waals surface area contributed by atoms with Crippen molar-refractivity contribution < 1.29 is 18.9 Å². The van der Waals surface area contributed by atoms with E-state index in [0.717, 1.165) is 10.8 Å². The van der Waals surface area contributed by atoms with Crippen LogP contribution in [-0.4, -0.2) is 16.7 Å². The predicted octanol–water partition coefficient (Wildman–Crippen LogP) is 4.75. The highest BCUT2D eigenvalue weighted by atomic mass is 16.6. The lowest BCUT2D eigenvalue weighted by molar-refractivity contribution is -0.384. The van der Waals surface area contributed by atoms with Crippen LogP contribution in [0.4, 0.5) is 11.4 Å². The monoisotopic (exact) mass is 427 g/mol. The van der Waals surface area contributed by atoms with Gasteiger partial charge in [-0.1, -0.05) is 42.5 Å². The minimum atomic E-state index is -0.625. The number of rotatable bonds is 6. The standard InChI is InChI=1S/C24H17N3O5/c28-23(25-19-11-10-17-6-1-2-7-18(17)15-19)21(26-24(29)22-9-4-12-32-22)14-16-5-3-8-20(13-16)27(30)31/h1-15H,(H,25,28)(H,26,29). The number of hydrogen-bond acceptors (Lipinski definition) is 5. The first-order valence-electron chi connectivity index (χ1n) is 9.61. The zero-order valence-electron chi connectivity index (χ0n) is 16.6. The van der Waals surface area contributed by atoms with Gasteiger partial charge in [-0.3, -0.25) is 19.7 Å². The molecule has 0 aliphatic rings. The molecule has 0 bridgehead atoms. The van der Waals surface area contributed by atoms with E-state index >= 15 is 0 Å². The van der Waals surface area contributed by atoms with Crippen LogP contribution < -0.4 is 10.6 Å². The number of nitrogens with zero attached hydrogens (tertiary/aromatic N) is 1. The molecule has 32 heavy (non-hydrogen) atoms. The SMILES string of the molecule is O=C(Nc1ccc2ccccc2c1)C(=Cc1cccc([N+](=O)[O-])c1)NC(=O)c1ccco1. The lowest BCUT2D eigenvalue weighted by Gasteiger charge is -2.11. The quantitative estimate of drug-likeness (QED) is 0.262. The molecule has 2 N–H and O–H groups in total. The van der Waals surface area contributed by atoms with Crippen LogP contribution in [0.3, 0.4) is 0 Å². The third-order valence-corrected chi connectivity index (χ3v) is 4.64. The molecule has 8 nitrogen and oxygen atoms in total. The van der Waals surface area contributed by atoms with Crippen LogP contribution in [0.25, 0.3) is 16.8 Å². The molecule has 0 aliphatic heterocycles. The molecule has 0 fully saturated rings. The second kappa shape index (κ2) is 8.97. The summed E-state index contributed by atoms with van der Waals surface area (Å²) in [6, 6.07) is 21.9. The van der Waals surface area contributed by atoms with E-state index in [9.17, 15) is 19.7 Å². The van der Waals surface area contributed by atoms with E-state index < -0.39 is 16.7 Å². The Morgan fingerprint density at radius 2 is 1.72 bits per heavy atom. The maximum Gasteiger partial charge on any atom is 0.291 e. The van der Waals surface area contributed by atoms with Crippen LogP contribution >= 0.6 is 0 Å². The minimum absolute atomic E-state index is 0.0217. The topological polar surface area (TPSA) is 114 Å². The van der Waals surface area contributed by atoms with Gasteiger partial charge in [0, 0.05) is 17.8 Å². The van der Waals surface area contributed by atoms with Crippen molar-refractivity contribution in [2.24, 2.45) is 0 Å². The number of carbonyl (C=O) groups is 2. The van der Waals surface area contributed by atoms with Gasteiger partial charge in [-0.05, 0) is 46.7 Å². The first kappa shape index (κ1) is 20.5. The number of furan rings is 1. The minimum Gasteiger partial charge on any atom is -0.459 e. The van der Waals surface area contributed by atoms with E-state index in [0.29, 0.717) is 11.3 Å². The number of benzene rings is 3. The number of non-ortho nitro benzene ring substituents is 1. The third-order valence-electron chi connectivity index (χ3n) is 4.64. The highest BCUT2D eigenvalue weighted by Gasteiger charge is 2.17. The molecular formula is C24H17N3O5. The zero-order chi connectivity index (χ0) is 22.5. The fourth-order valence-electron chi connectivity index (χ4n) is 3.11. The van der Waals surface area contributed by atoms with Crippen LogP contribution in [0.5, 0.6) is 0 Å². The summed E-state index contributed by atoms with van der Waals surface area (Å²) in [6.45, 7) is 0. The smallest absolute Gasteiger partial charge is 0.291 e. The Kier molecular flexibility index (Phi) is 5.76. The number of hydrogen-bond donors (Lipinski definition) is 2. The largest absolute Gasteiger partial charge is 0.459 e. The zero-order valence-corrected chi connectivity index (χ0v) is 16.6. The number of nitrogens with one attached hydrogen (secondary N) is 2. The summed E-state index contributed by atoms with van der Waals surface area (Å²) < 4.78 is 5.08. The van der Waals surface area contributed by atoms with E-state index in [1.54, 1.807) is 18.2 Å². The van der Waals surface area contributed by atoms with Crippen molar-refractivity contribution in [3.63, 3.8) is 0 Å². The van der Waals surface area contributed by atoms with Crippen LogP contribution in [0.2, 0.25) is 0 Å². The summed E-state index contributed by atoms with van der Waals surface area (Å²) in [5, 5.41) is 18.3. The van der Waals surface area contributed by atoms with Gasteiger partial charge in [0.15, 0.2) is 5.76 Å². The van der Waals surface area contributed by atoms with E-state index in [1.165, 1.54) is 36.6 Å². The molecule has 158 valence electrons. The molecule has 0 saturated heterocycles. The Balaban J connectivity index is 1.65. The average molecular weight is 427 g/mol. The summed E-state index contributed by atoms with van der Waals surface area (Å²) in [6.07, 6.45) is 2.71. The average Bonchev–Trinajstić information content (AvgIpc) is 3.34. The Morgan fingerprint density at radius 3 is 2.47 bits per heavy atom. The molecular weight excluding hydrogens is 410 g/mol. The Morgan fingerprint density at radius 1 is 0.906 bits per heavy atom. The normalized spacial score (nSPS) is 11.2. The fraction of sp³-hybridized carbons (Fsp3) is 0. The van der Waals surface area contributed by atoms with Gasteiger partial charge in [0.1, 0.15) is 5.70 Å². The van der Waals surface area contributed by atoms with Gasteiger partial charge in [-0.2, -0.15) is 0 Å². The summed E-state index contributed by atoms with van der Waals surface area (Å²) in [5.41, 5.74) is 0.680. The molecule has 2 amide bonds. The second-order valence-electron chi connectivity index (χ2n) is 6.86. The molecule has 0 radical (unpaired) electrons. The summed E-state index contributed by atoms with van der Waals surface area (Å²) in [4.78, 5) is 36.0. The Labute approximate surface area is 182 Å². The van der Waals surface area contributed by atoms with Crippen molar-refractivity contribution in [3.8, 4) is 0 Å². The van der Waals surface area contributed by atoms with Crippen molar-refractivity contribution in [2.45, 2.75) is 0 Å². The molecule has 1 aromatic heterocycles. The van der Waals surface area contributed by atoms with Crippen molar-refractivity contribution >= 4 is 40.0 Å². The van der Waals surface area contributed by atoms with Crippen molar-refractivity contribution in [3.05, 3.63) is 112 Å². The van der Waals surface area contributed by atoms with Crippen molar-refractivity contribution in [2.75, 3.05) is 5.32 Å². The van der Waals surface area contributed by atoms with Gasteiger partial charge in [-0.25, -0.2) is 0 Å². The number of nitro groups is 1. The highest BCUT2D eigenvalue weighted by Crippen LogP contribution is 2.20. The van der Waals surface area contributed by atoms with Crippen LogP contribution in [-0.2, 0) is 4.79 Å². The second-order valence-corrected chi connectivity index (χ2v) is 6.86. The Hall–Kier alpha value is -4.72. The maximum absolute atomic E-state index is 13.0. The van der Waals surface area contributed by atoms with Gasteiger partial charge in [0.25, 0.3) is 17.5 Å². The fourth-order valence-corrected chi connectivity index (χ4v) is 3.11. The van der Waals surface area contributed by atoms with Gasteiger partial charge in [0.05, 0.1) is 11.2 Å². The van der Waals surface area contributed by atoms with Gasteiger partial charge in [-0.15, -0.1) is 0 Å². The van der Waals surface area contributed by atoms with Gasteiger partial charge < -0.3 is 15.1 Å². The molecule has 4 aromatic rings. The van der Waals surface area contributed by atoms with Crippen molar-refractivity contribution in [1.29, 1.82) is 0 Å². The third kappa shape index (κ3) is 4.71. The van der Waals surface area contributed by atoms with E-state index in [2.05, 4.69) is 10.6 Å². The number of carbonyl (C=O) groups excluding carboxylic acids is 2. The van der Waals surface area contributed by atoms with Crippen LogP contribution in [0.1, 0.15) is 16.1 Å². The molecule has 3 aromatic carbocycles. The first-order valence-corrected chi connectivity index (χ1v) is 9.61. The molecule has 0 aliphatic carbocycles. The number of nitro benzene ring substituents is 1. The van der Waals surface area contributed by atoms with E-state index in [-0.39, 0.29) is 17.1 Å². The molecule has 4 rings (SSSR count). The lowest BCUT2D eigenvalue weighted by atomic mass is 10.1. The van der Waals surface area contributed by atoms with Crippen molar-refractivity contribution in [1.82, 2.24) is 5.32 Å². The lowest BCUT2D eigenvalue weighted by Crippen LogP contribution is -2.30. The molecule has 8 heteroatoms. The molecule has 1 heterocycles. The summed E-state index contributed by atoms with van der Waals surface area (Å²) >= 11 is 0. The Bertz CT molecular complexity index is 1340. The number of amides is 2. The summed E-state index contributed by atoms with van der Waals surface area (Å²) in [7, 11) is 0. The predicted molar refractivity (Wildman–Crippen MR) is 120 cm³/mol. The molecule has 0 unspecified atom stereocenters. The number of anilines is 1. The summed E-state index contributed by atoms with van der Waals surface area (Å²) in [5.74, 6) is -1.19. The molecule has 0 spiro atoms. The van der Waals surface area contributed by atoms with Gasteiger partial charge >= 0.3 is 0 Å². The maximum atomic E-state index is 13.0. The van der Waals surface area contributed by atoms with Crippen LogP contribution in [0.15, 0.2) is 95.2 Å². The van der Waals surface area contributed by atoms with E-state index in [4.69, 9.17) is 4.42 Å². The first-order chi connectivity index (χ1) is 15.5. The van der Waals surface area contributed by atoms with E-state index in [1.807, 2.05) is 36.4 Å². The number of fused-ring (bicyclic) bond motifs is 1.